The van der Waals surface area contributed by atoms with E-state index in [2.05, 4.69) is 16.3 Å². The molecule has 2 aliphatic rings. The lowest BCUT2D eigenvalue weighted by atomic mass is 10.0. The third kappa shape index (κ3) is 3.67. The number of ether oxygens (including phenoxy) is 2. The summed E-state index contributed by atoms with van der Waals surface area (Å²) in [5, 5.41) is 2.94. The first-order chi connectivity index (χ1) is 10.3. The van der Waals surface area contributed by atoms with Crippen LogP contribution < -0.4 is 14.8 Å². The summed E-state index contributed by atoms with van der Waals surface area (Å²) in [6.45, 7) is 4.39. The lowest BCUT2D eigenvalue weighted by Gasteiger charge is -2.24. The average molecular weight is 290 g/mol. The molecule has 114 valence electrons. The highest BCUT2D eigenvalue weighted by Gasteiger charge is 2.19. The zero-order valence-corrected chi connectivity index (χ0v) is 12.2. The number of nitrogens with zero attached hydrogens (tertiary/aromatic N) is 1. The van der Waals surface area contributed by atoms with Gasteiger partial charge >= 0.3 is 0 Å². The van der Waals surface area contributed by atoms with Crippen LogP contribution in [0.4, 0.5) is 0 Å². The number of amides is 1. The summed E-state index contributed by atoms with van der Waals surface area (Å²) in [6, 6.07) is 6.18. The van der Waals surface area contributed by atoms with Crippen LogP contribution in [0.1, 0.15) is 18.4 Å². The molecule has 0 saturated carbocycles. The number of carbonyl (C=O) groups is 1. The maximum Gasteiger partial charge on any atom is 0.207 e. The second-order valence-corrected chi connectivity index (χ2v) is 5.67. The second-order valence-electron chi connectivity index (χ2n) is 5.67. The van der Waals surface area contributed by atoms with E-state index >= 15 is 0 Å². The highest BCUT2D eigenvalue weighted by atomic mass is 16.6. The minimum Gasteiger partial charge on any atom is -0.486 e. The molecule has 1 atom stereocenters. The monoisotopic (exact) mass is 290 g/mol. The summed E-state index contributed by atoms with van der Waals surface area (Å²) in [6.07, 6.45) is 4.14. The third-order valence-corrected chi connectivity index (χ3v) is 4.07. The van der Waals surface area contributed by atoms with Gasteiger partial charge in [0, 0.05) is 12.6 Å². The van der Waals surface area contributed by atoms with Gasteiger partial charge in [0.15, 0.2) is 11.5 Å². The molecule has 2 heterocycles. The SMILES string of the molecule is O=CNC(Cc1ccc2c(c1)OCCO2)CN1CCCC1. The largest absolute Gasteiger partial charge is 0.486 e. The van der Waals surface area contributed by atoms with E-state index in [1.807, 2.05) is 12.1 Å². The molecule has 21 heavy (non-hydrogen) atoms. The van der Waals surface area contributed by atoms with Gasteiger partial charge in [0.1, 0.15) is 13.2 Å². The number of carbonyl (C=O) groups excluding carboxylic acids is 1. The first-order valence-electron chi connectivity index (χ1n) is 7.66. The van der Waals surface area contributed by atoms with Crippen LogP contribution in [0.5, 0.6) is 11.5 Å². The predicted molar refractivity (Wildman–Crippen MR) is 79.8 cm³/mol. The Balaban J connectivity index is 1.65. The summed E-state index contributed by atoms with van der Waals surface area (Å²) in [5.74, 6) is 1.62. The van der Waals surface area contributed by atoms with Crippen LogP contribution in [-0.2, 0) is 11.2 Å². The Morgan fingerprint density at radius 2 is 1.95 bits per heavy atom. The first-order valence-corrected chi connectivity index (χ1v) is 7.66. The van der Waals surface area contributed by atoms with Crippen LogP contribution in [0.3, 0.4) is 0 Å². The summed E-state index contributed by atoms with van der Waals surface area (Å²) < 4.78 is 11.1. The highest BCUT2D eigenvalue weighted by Crippen LogP contribution is 2.31. The highest BCUT2D eigenvalue weighted by molar-refractivity contribution is 5.47. The second kappa shape index (κ2) is 6.80. The lowest BCUT2D eigenvalue weighted by molar-refractivity contribution is -0.110. The number of hydrogen-bond donors (Lipinski definition) is 1. The zero-order chi connectivity index (χ0) is 14.5. The maximum atomic E-state index is 10.8. The molecule has 1 aromatic rings. The molecular weight excluding hydrogens is 268 g/mol. The Morgan fingerprint density at radius 1 is 1.19 bits per heavy atom. The van der Waals surface area contributed by atoms with Gasteiger partial charge in [0.2, 0.25) is 6.41 Å². The van der Waals surface area contributed by atoms with E-state index in [1.54, 1.807) is 0 Å². The predicted octanol–water partition coefficient (Wildman–Crippen LogP) is 1.21. The fourth-order valence-corrected chi connectivity index (χ4v) is 3.05. The smallest absolute Gasteiger partial charge is 0.207 e. The maximum absolute atomic E-state index is 10.8. The lowest BCUT2D eigenvalue weighted by Crippen LogP contribution is -2.40. The summed E-state index contributed by atoms with van der Waals surface area (Å²) in [5.41, 5.74) is 1.16. The molecule has 1 aromatic carbocycles. The fraction of sp³-hybridized carbons (Fsp3) is 0.562. The van der Waals surface area contributed by atoms with E-state index in [0.717, 1.165) is 49.5 Å². The topological polar surface area (TPSA) is 50.8 Å². The zero-order valence-electron chi connectivity index (χ0n) is 12.2. The molecule has 2 aliphatic heterocycles. The molecule has 1 unspecified atom stereocenters. The van der Waals surface area contributed by atoms with E-state index < -0.39 is 0 Å². The number of nitrogens with one attached hydrogen (secondary N) is 1. The Morgan fingerprint density at radius 3 is 2.71 bits per heavy atom. The van der Waals surface area contributed by atoms with Gasteiger partial charge in [-0.2, -0.15) is 0 Å². The van der Waals surface area contributed by atoms with Crippen molar-refractivity contribution in [2.75, 3.05) is 32.8 Å². The first kappa shape index (κ1) is 14.2. The normalized spacial score (nSPS) is 19.2. The van der Waals surface area contributed by atoms with Crippen molar-refractivity contribution < 1.29 is 14.3 Å². The quantitative estimate of drug-likeness (QED) is 0.800. The third-order valence-electron chi connectivity index (χ3n) is 4.07. The molecule has 0 bridgehead atoms. The number of likely N-dealkylation sites (tertiary alicyclic amines) is 1. The Labute approximate surface area is 125 Å². The van der Waals surface area contributed by atoms with Crippen molar-refractivity contribution in [3.05, 3.63) is 23.8 Å². The average Bonchev–Trinajstić information content (AvgIpc) is 3.00. The molecule has 1 saturated heterocycles. The van der Waals surface area contributed by atoms with Crippen molar-refractivity contribution in [1.82, 2.24) is 10.2 Å². The van der Waals surface area contributed by atoms with Crippen molar-refractivity contribution in [1.29, 1.82) is 0 Å². The Bertz CT molecular complexity index is 486. The van der Waals surface area contributed by atoms with Crippen molar-refractivity contribution in [3.8, 4) is 11.5 Å². The van der Waals surface area contributed by atoms with E-state index in [4.69, 9.17) is 9.47 Å². The van der Waals surface area contributed by atoms with Gasteiger partial charge in [-0.1, -0.05) is 6.07 Å². The fourth-order valence-electron chi connectivity index (χ4n) is 3.05. The van der Waals surface area contributed by atoms with Crippen molar-refractivity contribution in [2.45, 2.75) is 25.3 Å². The Kier molecular flexibility index (Phi) is 4.60. The summed E-state index contributed by atoms with van der Waals surface area (Å²) in [7, 11) is 0. The van der Waals surface area contributed by atoms with E-state index in [9.17, 15) is 4.79 Å². The molecule has 0 spiro atoms. The molecule has 5 nitrogen and oxygen atoms in total. The minimum atomic E-state index is 0.142. The van der Waals surface area contributed by atoms with Crippen LogP contribution in [0.2, 0.25) is 0 Å². The molecule has 0 aromatic heterocycles. The van der Waals surface area contributed by atoms with Gasteiger partial charge in [-0.15, -0.1) is 0 Å². The van der Waals surface area contributed by atoms with Gasteiger partial charge in [0.25, 0.3) is 0 Å². The van der Waals surface area contributed by atoms with Crippen molar-refractivity contribution in [3.63, 3.8) is 0 Å². The van der Waals surface area contributed by atoms with Gasteiger partial charge < -0.3 is 19.7 Å². The van der Waals surface area contributed by atoms with Gasteiger partial charge in [-0.05, 0) is 50.0 Å². The van der Waals surface area contributed by atoms with E-state index in [1.165, 1.54) is 12.8 Å². The molecule has 0 radical (unpaired) electrons. The van der Waals surface area contributed by atoms with E-state index in [-0.39, 0.29) is 6.04 Å². The van der Waals surface area contributed by atoms with Gasteiger partial charge in [0.05, 0.1) is 0 Å². The van der Waals surface area contributed by atoms with Gasteiger partial charge in [-0.25, -0.2) is 0 Å². The Hall–Kier alpha value is -1.75. The van der Waals surface area contributed by atoms with Crippen molar-refractivity contribution >= 4 is 6.41 Å². The number of rotatable bonds is 6. The molecule has 1 fully saturated rings. The van der Waals surface area contributed by atoms with E-state index in [0.29, 0.717) is 13.2 Å². The molecule has 0 aliphatic carbocycles. The number of benzene rings is 1. The minimum absolute atomic E-state index is 0.142. The molecule has 3 rings (SSSR count). The number of hydrogen-bond acceptors (Lipinski definition) is 4. The molecule has 5 heteroatoms. The van der Waals surface area contributed by atoms with Crippen LogP contribution in [-0.4, -0.2) is 50.2 Å². The van der Waals surface area contributed by atoms with Gasteiger partial charge in [-0.3, -0.25) is 4.79 Å². The molecule has 1 N–H and O–H groups in total. The van der Waals surface area contributed by atoms with Crippen LogP contribution in [0.25, 0.3) is 0 Å². The number of fused-ring (bicyclic) bond motifs is 1. The van der Waals surface area contributed by atoms with Crippen LogP contribution in [0, 0.1) is 0 Å². The summed E-state index contributed by atoms with van der Waals surface area (Å²) in [4.78, 5) is 13.3. The molecule has 1 amide bonds. The molecular formula is C16H22N2O3. The van der Waals surface area contributed by atoms with Crippen LogP contribution >= 0.6 is 0 Å². The summed E-state index contributed by atoms with van der Waals surface area (Å²) >= 11 is 0. The standard InChI is InChI=1S/C16H22N2O3/c19-12-17-14(11-18-5-1-2-6-18)9-13-3-4-15-16(10-13)21-8-7-20-15/h3-4,10,12,14H,1-2,5-9,11H2,(H,17,19). The van der Waals surface area contributed by atoms with Crippen LogP contribution in [0.15, 0.2) is 18.2 Å². The van der Waals surface area contributed by atoms with Crippen molar-refractivity contribution in [2.24, 2.45) is 0 Å².